The minimum atomic E-state index is -0.437. The van der Waals surface area contributed by atoms with Crippen LogP contribution in [0.4, 0.5) is 15.9 Å². The van der Waals surface area contributed by atoms with E-state index in [2.05, 4.69) is 15.3 Å². The minimum absolute atomic E-state index is 0.190. The summed E-state index contributed by atoms with van der Waals surface area (Å²) in [6, 6.07) is 10.2. The second kappa shape index (κ2) is 7.11. The van der Waals surface area contributed by atoms with Crippen LogP contribution in [0, 0.1) is 12.7 Å². The largest absolute Gasteiger partial charge is 0.494 e. The topological polar surface area (TPSA) is 68.5 Å². The third-order valence-corrected chi connectivity index (χ3v) is 4.54. The molecule has 0 fully saturated rings. The van der Waals surface area contributed by atoms with Crippen molar-refractivity contribution < 1.29 is 13.9 Å². The Morgan fingerprint density at radius 1 is 1.18 bits per heavy atom. The summed E-state index contributed by atoms with van der Waals surface area (Å²) in [5.74, 6) is 0.310. The highest BCUT2D eigenvalue weighted by atomic mass is 19.1. The van der Waals surface area contributed by atoms with E-state index in [1.54, 1.807) is 36.8 Å². The first-order valence-corrected chi connectivity index (χ1v) is 8.59. The third kappa shape index (κ3) is 3.07. The predicted molar refractivity (Wildman–Crippen MR) is 105 cm³/mol. The number of rotatable bonds is 5. The Labute approximate surface area is 160 Å². The fourth-order valence-corrected chi connectivity index (χ4v) is 3.07. The molecule has 0 saturated heterocycles. The quantitative estimate of drug-likeness (QED) is 0.523. The summed E-state index contributed by atoms with van der Waals surface area (Å²) in [5, 5.41) is 3.23. The zero-order chi connectivity index (χ0) is 19.7. The number of aryl methyl sites for hydroxylation is 1. The van der Waals surface area contributed by atoms with Crippen molar-refractivity contribution >= 4 is 23.4 Å². The van der Waals surface area contributed by atoms with Crippen LogP contribution in [-0.2, 0) is 0 Å². The molecular weight excluding hydrogens is 359 g/mol. The fourth-order valence-electron chi connectivity index (χ4n) is 3.07. The molecule has 28 heavy (non-hydrogen) atoms. The van der Waals surface area contributed by atoms with Crippen LogP contribution in [0.15, 0.2) is 55.0 Å². The van der Waals surface area contributed by atoms with Crippen LogP contribution in [0.3, 0.4) is 0 Å². The van der Waals surface area contributed by atoms with Crippen molar-refractivity contribution in [2.24, 2.45) is 0 Å². The van der Waals surface area contributed by atoms with Gasteiger partial charge in [-0.25, -0.2) is 14.4 Å². The second-order valence-corrected chi connectivity index (χ2v) is 6.28. The highest BCUT2D eigenvalue weighted by Gasteiger charge is 2.13. The molecule has 0 aliphatic carbocycles. The third-order valence-electron chi connectivity index (χ3n) is 4.54. The van der Waals surface area contributed by atoms with Crippen LogP contribution >= 0.6 is 0 Å². The first-order chi connectivity index (χ1) is 13.6. The lowest BCUT2D eigenvalue weighted by molar-refractivity contribution is 0.112. The molecule has 7 heteroatoms. The molecule has 0 aliphatic heterocycles. The number of carbonyl (C=O) groups is 1. The van der Waals surface area contributed by atoms with Crippen molar-refractivity contribution in [3.8, 4) is 17.0 Å². The maximum atomic E-state index is 14.1. The molecule has 2 heterocycles. The first kappa shape index (κ1) is 17.7. The molecule has 4 aromatic rings. The predicted octanol–water partition coefficient (Wildman–Crippen LogP) is 4.41. The lowest BCUT2D eigenvalue weighted by atomic mass is 10.1. The van der Waals surface area contributed by atoms with Crippen molar-refractivity contribution in [1.29, 1.82) is 0 Å². The second-order valence-electron chi connectivity index (χ2n) is 6.28. The van der Waals surface area contributed by atoms with Gasteiger partial charge in [-0.2, -0.15) is 0 Å². The van der Waals surface area contributed by atoms with Gasteiger partial charge in [0.2, 0.25) is 0 Å². The van der Waals surface area contributed by atoms with Gasteiger partial charge >= 0.3 is 0 Å². The van der Waals surface area contributed by atoms with Gasteiger partial charge in [0.1, 0.15) is 6.29 Å². The van der Waals surface area contributed by atoms with Gasteiger partial charge in [0.05, 0.1) is 19.0 Å². The van der Waals surface area contributed by atoms with E-state index < -0.39 is 5.82 Å². The van der Waals surface area contributed by atoms with Crippen molar-refractivity contribution in [3.63, 3.8) is 0 Å². The van der Waals surface area contributed by atoms with Gasteiger partial charge in [-0.1, -0.05) is 0 Å². The number of nitrogens with zero attached hydrogens (tertiary/aromatic N) is 3. The van der Waals surface area contributed by atoms with Crippen LogP contribution in [0.5, 0.6) is 5.75 Å². The van der Waals surface area contributed by atoms with Crippen LogP contribution in [0.2, 0.25) is 0 Å². The van der Waals surface area contributed by atoms with Gasteiger partial charge in [-0.15, -0.1) is 0 Å². The van der Waals surface area contributed by atoms with Gasteiger partial charge < -0.3 is 10.1 Å². The molecule has 4 rings (SSSR count). The van der Waals surface area contributed by atoms with E-state index in [1.807, 2.05) is 23.5 Å². The van der Waals surface area contributed by atoms with E-state index in [-0.39, 0.29) is 5.75 Å². The first-order valence-electron chi connectivity index (χ1n) is 8.59. The van der Waals surface area contributed by atoms with E-state index in [1.165, 1.54) is 13.2 Å². The van der Waals surface area contributed by atoms with Gasteiger partial charge in [0.15, 0.2) is 23.0 Å². The zero-order valence-electron chi connectivity index (χ0n) is 15.3. The molecule has 0 saturated carbocycles. The number of aldehydes is 1. The number of fused-ring (bicyclic) bond motifs is 1. The number of ether oxygens (including phenoxy) is 1. The lowest BCUT2D eigenvalue weighted by Gasteiger charge is -2.09. The molecular formula is C21H17FN4O2. The molecule has 140 valence electrons. The Bertz CT molecular complexity index is 1190. The molecule has 0 amide bonds. The molecule has 0 radical (unpaired) electrons. The van der Waals surface area contributed by atoms with Crippen LogP contribution < -0.4 is 10.1 Å². The summed E-state index contributed by atoms with van der Waals surface area (Å²) < 4.78 is 20.9. The van der Waals surface area contributed by atoms with E-state index in [0.717, 1.165) is 23.2 Å². The van der Waals surface area contributed by atoms with E-state index in [9.17, 15) is 9.18 Å². The number of hydrogen-bond donors (Lipinski definition) is 1. The molecule has 0 atom stereocenters. The standard InChI is InChI=1S/C21H17FN4O2/c1-13-9-16(5-3-15(13)12-27)25-20-21-24-11-18(26(21)8-7-23-20)14-4-6-19(28-2)17(22)10-14/h3-12H,1-2H3,(H,23,25). The highest BCUT2D eigenvalue weighted by Crippen LogP contribution is 2.28. The number of imidazole rings is 1. The summed E-state index contributed by atoms with van der Waals surface area (Å²) in [5.41, 5.74) is 4.31. The number of methoxy groups -OCH3 is 1. The Hall–Kier alpha value is -3.74. The van der Waals surface area contributed by atoms with Crippen LogP contribution in [-0.4, -0.2) is 27.8 Å². The summed E-state index contributed by atoms with van der Waals surface area (Å²) in [7, 11) is 1.43. The van der Waals surface area contributed by atoms with E-state index in [0.29, 0.717) is 22.6 Å². The molecule has 6 nitrogen and oxygen atoms in total. The smallest absolute Gasteiger partial charge is 0.180 e. The molecule has 0 unspecified atom stereocenters. The fraction of sp³-hybridized carbons (Fsp3) is 0.0952. The number of nitrogens with one attached hydrogen (secondary N) is 1. The molecule has 0 spiro atoms. The van der Waals surface area contributed by atoms with Gasteiger partial charge in [0.25, 0.3) is 0 Å². The number of halogens is 1. The average molecular weight is 376 g/mol. The molecule has 2 aromatic heterocycles. The molecule has 0 aliphatic rings. The Morgan fingerprint density at radius 3 is 2.75 bits per heavy atom. The van der Waals surface area contributed by atoms with Crippen molar-refractivity contribution in [2.45, 2.75) is 6.92 Å². The number of hydrogen-bond acceptors (Lipinski definition) is 5. The number of benzene rings is 2. The maximum Gasteiger partial charge on any atom is 0.180 e. The van der Waals surface area contributed by atoms with Crippen molar-refractivity contribution in [1.82, 2.24) is 14.4 Å². The van der Waals surface area contributed by atoms with E-state index >= 15 is 0 Å². The van der Waals surface area contributed by atoms with Gasteiger partial charge in [0, 0.05) is 29.2 Å². The Kier molecular flexibility index (Phi) is 4.49. The molecule has 0 bridgehead atoms. The van der Waals surface area contributed by atoms with Crippen molar-refractivity contribution in [2.75, 3.05) is 12.4 Å². The summed E-state index contributed by atoms with van der Waals surface area (Å²) in [4.78, 5) is 19.8. The maximum absolute atomic E-state index is 14.1. The number of anilines is 2. The Balaban J connectivity index is 1.73. The average Bonchev–Trinajstić information content (AvgIpc) is 3.13. The van der Waals surface area contributed by atoms with Crippen LogP contribution in [0.25, 0.3) is 16.9 Å². The number of carbonyl (C=O) groups excluding carboxylic acids is 1. The highest BCUT2D eigenvalue weighted by molar-refractivity contribution is 5.80. The normalized spacial score (nSPS) is 10.8. The van der Waals surface area contributed by atoms with Gasteiger partial charge in [-0.05, 0) is 48.9 Å². The summed E-state index contributed by atoms with van der Waals surface area (Å²) in [6.07, 6.45) is 5.91. The molecule has 1 N–H and O–H groups in total. The van der Waals surface area contributed by atoms with E-state index in [4.69, 9.17) is 4.74 Å². The summed E-state index contributed by atoms with van der Waals surface area (Å²) in [6.45, 7) is 1.87. The van der Waals surface area contributed by atoms with Crippen molar-refractivity contribution in [3.05, 3.63) is 71.9 Å². The monoisotopic (exact) mass is 376 g/mol. The zero-order valence-corrected chi connectivity index (χ0v) is 15.3. The molecule has 2 aromatic carbocycles. The summed E-state index contributed by atoms with van der Waals surface area (Å²) >= 11 is 0. The number of aromatic nitrogens is 3. The Morgan fingerprint density at radius 2 is 2.04 bits per heavy atom. The van der Waals surface area contributed by atoms with Crippen LogP contribution in [0.1, 0.15) is 15.9 Å². The lowest BCUT2D eigenvalue weighted by Crippen LogP contribution is -1.99. The minimum Gasteiger partial charge on any atom is -0.494 e. The van der Waals surface area contributed by atoms with Gasteiger partial charge in [-0.3, -0.25) is 9.20 Å². The SMILES string of the molecule is COc1ccc(-c2cnc3c(Nc4ccc(C=O)c(C)c4)nccn23)cc1F.